The Hall–Kier alpha value is -0.710. The average Bonchev–Trinajstić information content (AvgIpc) is 2.39. The lowest BCUT2D eigenvalue weighted by Crippen LogP contribution is -2.56. The number of hydrogen-bond acceptors (Lipinski definition) is 2. The largest absolute Gasteiger partial charge is 0.481 e. The highest BCUT2D eigenvalue weighted by atomic mass is 19.3. The van der Waals surface area contributed by atoms with Crippen LogP contribution in [-0.4, -0.2) is 27.7 Å². The van der Waals surface area contributed by atoms with Crippen LogP contribution >= 0.6 is 0 Å². The van der Waals surface area contributed by atoms with Crippen molar-refractivity contribution in [1.29, 1.82) is 0 Å². The van der Waals surface area contributed by atoms with Crippen LogP contribution in [0, 0.1) is 5.41 Å². The molecule has 1 atom stereocenters. The van der Waals surface area contributed by atoms with Crippen molar-refractivity contribution in [3.63, 3.8) is 0 Å². The van der Waals surface area contributed by atoms with Crippen LogP contribution in [0.5, 0.6) is 0 Å². The molecule has 0 aromatic heterocycles. The molecular weight excluding hydrogens is 206 g/mol. The van der Waals surface area contributed by atoms with Crippen LogP contribution in [0.15, 0.2) is 0 Å². The molecule has 0 amide bonds. The SMILES string of the molecule is O=C(O)C1(C2(O)CCC2)CCC(F)(F)C1. The average molecular weight is 220 g/mol. The van der Waals surface area contributed by atoms with Crippen LogP contribution in [0.2, 0.25) is 0 Å². The van der Waals surface area contributed by atoms with Crippen molar-refractivity contribution in [1.82, 2.24) is 0 Å². The normalized spacial score (nSPS) is 37.3. The number of rotatable bonds is 2. The zero-order chi connectivity index (χ0) is 11.3. The fourth-order valence-corrected chi connectivity index (χ4v) is 2.78. The van der Waals surface area contributed by atoms with Gasteiger partial charge >= 0.3 is 5.97 Å². The van der Waals surface area contributed by atoms with Gasteiger partial charge in [-0.15, -0.1) is 0 Å². The van der Waals surface area contributed by atoms with Crippen molar-refractivity contribution in [3.05, 3.63) is 0 Å². The summed E-state index contributed by atoms with van der Waals surface area (Å²) in [6.07, 6.45) is 0.112. The molecule has 3 nitrogen and oxygen atoms in total. The lowest BCUT2D eigenvalue weighted by molar-refractivity contribution is -0.188. The molecule has 0 aromatic carbocycles. The van der Waals surface area contributed by atoms with E-state index in [1.54, 1.807) is 0 Å². The minimum atomic E-state index is -2.94. The maximum absolute atomic E-state index is 13.1. The summed E-state index contributed by atoms with van der Waals surface area (Å²) in [5, 5.41) is 19.2. The van der Waals surface area contributed by atoms with Crippen LogP contribution in [0.3, 0.4) is 0 Å². The summed E-state index contributed by atoms with van der Waals surface area (Å²) in [5.74, 6) is -4.22. The number of carboxylic acids is 1. The zero-order valence-corrected chi connectivity index (χ0v) is 8.30. The third-order valence-corrected chi connectivity index (χ3v) is 3.96. The van der Waals surface area contributed by atoms with E-state index in [9.17, 15) is 18.7 Å². The Morgan fingerprint density at radius 3 is 2.00 bits per heavy atom. The smallest absolute Gasteiger partial charge is 0.312 e. The molecule has 15 heavy (non-hydrogen) atoms. The lowest BCUT2D eigenvalue weighted by Gasteiger charge is -2.48. The molecule has 2 aliphatic carbocycles. The van der Waals surface area contributed by atoms with E-state index in [0.29, 0.717) is 12.8 Å². The van der Waals surface area contributed by atoms with Crippen LogP contribution in [0.25, 0.3) is 0 Å². The van der Waals surface area contributed by atoms with E-state index in [-0.39, 0.29) is 6.42 Å². The maximum Gasteiger partial charge on any atom is 0.312 e. The van der Waals surface area contributed by atoms with Crippen molar-refractivity contribution in [2.75, 3.05) is 0 Å². The fourth-order valence-electron chi connectivity index (χ4n) is 2.78. The van der Waals surface area contributed by atoms with Crippen molar-refractivity contribution in [3.8, 4) is 0 Å². The molecule has 0 spiro atoms. The standard InChI is InChI=1S/C10H14F2O3/c11-10(12)5-4-8(6-10,7(13)14)9(15)2-1-3-9/h15H,1-6H2,(H,13,14). The van der Waals surface area contributed by atoms with Gasteiger partial charge in [0.2, 0.25) is 5.92 Å². The third-order valence-electron chi connectivity index (χ3n) is 3.96. The molecule has 2 fully saturated rings. The Morgan fingerprint density at radius 1 is 1.13 bits per heavy atom. The number of carbonyl (C=O) groups is 1. The second kappa shape index (κ2) is 2.90. The minimum Gasteiger partial charge on any atom is -0.481 e. The first-order chi connectivity index (χ1) is 6.81. The summed E-state index contributed by atoms with van der Waals surface area (Å²) >= 11 is 0. The van der Waals surface area contributed by atoms with E-state index < -0.39 is 35.7 Å². The second-order valence-corrected chi connectivity index (χ2v) is 4.81. The summed E-state index contributed by atoms with van der Waals surface area (Å²) in [5.41, 5.74) is -3.02. The molecule has 0 aromatic rings. The van der Waals surface area contributed by atoms with Gasteiger partial charge in [-0.25, -0.2) is 8.78 Å². The Balaban J connectivity index is 2.31. The number of aliphatic carboxylic acids is 1. The van der Waals surface area contributed by atoms with Gasteiger partial charge < -0.3 is 10.2 Å². The van der Waals surface area contributed by atoms with E-state index >= 15 is 0 Å². The molecule has 0 aliphatic heterocycles. The summed E-state index contributed by atoms with van der Waals surface area (Å²) < 4.78 is 26.2. The van der Waals surface area contributed by atoms with Gasteiger partial charge in [0.1, 0.15) is 5.41 Å². The molecule has 5 heteroatoms. The molecule has 1 unspecified atom stereocenters. The van der Waals surface area contributed by atoms with Gasteiger partial charge in [-0.05, 0) is 25.7 Å². The Bertz CT molecular complexity index is 299. The number of alkyl halides is 2. The summed E-state index contributed by atoms with van der Waals surface area (Å²) in [6, 6.07) is 0. The van der Waals surface area contributed by atoms with Crippen molar-refractivity contribution in [2.45, 2.75) is 50.0 Å². The van der Waals surface area contributed by atoms with Crippen molar-refractivity contribution >= 4 is 5.97 Å². The quantitative estimate of drug-likeness (QED) is 0.745. The Labute approximate surface area is 86.1 Å². The highest BCUT2D eigenvalue weighted by Gasteiger charge is 2.65. The first-order valence-corrected chi connectivity index (χ1v) is 5.15. The van der Waals surface area contributed by atoms with Gasteiger partial charge in [0.15, 0.2) is 0 Å². The number of aliphatic hydroxyl groups is 1. The number of hydrogen-bond donors (Lipinski definition) is 2. The molecule has 0 radical (unpaired) electrons. The third kappa shape index (κ3) is 1.36. The first-order valence-electron chi connectivity index (χ1n) is 5.15. The summed E-state index contributed by atoms with van der Waals surface area (Å²) in [7, 11) is 0. The predicted molar refractivity (Wildman–Crippen MR) is 47.7 cm³/mol. The van der Waals surface area contributed by atoms with Gasteiger partial charge in [-0.1, -0.05) is 0 Å². The Morgan fingerprint density at radius 2 is 1.73 bits per heavy atom. The van der Waals surface area contributed by atoms with E-state index in [2.05, 4.69) is 0 Å². The lowest BCUT2D eigenvalue weighted by atomic mass is 9.60. The molecule has 2 N–H and O–H groups in total. The maximum atomic E-state index is 13.1. The van der Waals surface area contributed by atoms with Crippen molar-refractivity contribution < 1.29 is 23.8 Å². The first kappa shape index (κ1) is 10.8. The van der Waals surface area contributed by atoms with E-state index in [1.807, 2.05) is 0 Å². The van der Waals surface area contributed by atoms with Crippen molar-refractivity contribution in [2.24, 2.45) is 5.41 Å². The predicted octanol–water partition coefficient (Wildman–Crippen LogP) is 1.79. The number of halogens is 2. The van der Waals surface area contributed by atoms with Gasteiger partial charge in [0, 0.05) is 12.8 Å². The van der Waals surface area contributed by atoms with E-state index in [0.717, 1.165) is 6.42 Å². The molecule has 0 saturated heterocycles. The molecular formula is C10H14F2O3. The summed E-state index contributed by atoms with van der Waals surface area (Å²) in [6.45, 7) is 0. The zero-order valence-electron chi connectivity index (χ0n) is 8.30. The molecule has 2 aliphatic rings. The molecule has 0 heterocycles. The van der Waals surface area contributed by atoms with Gasteiger partial charge in [0.25, 0.3) is 0 Å². The second-order valence-electron chi connectivity index (χ2n) is 4.81. The summed E-state index contributed by atoms with van der Waals surface area (Å²) in [4.78, 5) is 11.2. The van der Waals surface area contributed by atoms with Crippen LogP contribution < -0.4 is 0 Å². The van der Waals surface area contributed by atoms with Gasteiger partial charge in [-0.2, -0.15) is 0 Å². The Kier molecular flexibility index (Phi) is 2.09. The molecule has 0 bridgehead atoms. The number of carboxylic acid groups (broad SMARTS) is 1. The van der Waals surface area contributed by atoms with E-state index in [1.165, 1.54) is 0 Å². The molecule has 2 saturated carbocycles. The van der Waals surface area contributed by atoms with Crippen LogP contribution in [0.4, 0.5) is 8.78 Å². The molecule has 86 valence electrons. The van der Waals surface area contributed by atoms with E-state index in [4.69, 9.17) is 5.11 Å². The van der Waals surface area contributed by atoms with Crippen LogP contribution in [-0.2, 0) is 4.79 Å². The highest BCUT2D eigenvalue weighted by Crippen LogP contribution is 2.58. The van der Waals surface area contributed by atoms with Gasteiger partial charge in [0.05, 0.1) is 5.60 Å². The highest BCUT2D eigenvalue weighted by molar-refractivity contribution is 5.77. The fraction of sp³-hybridized carbons (Fsp3) is 0.900. The van der Waals surface area contributed by atoms with Crippen LogP contribution in [0.1, 0.15) is 38.5 Å². The molecule has 2 rings (SSSR count). The van der Waals surface area contributed by atoms with Gasteiger partial charge in [-0.3, -0.25) is 4.79 Å². The monoisotopic (exact) mass is 220 g/mol. The topological polar surface area (TPSA) is 57.5 Å². The minimum absolute atomic E-state index is 0.119.